The van der Waals surface area contributed by atoms with Crippen LogP contribution in [0.25, 0.3) is 0 Å². The Hall–Kier alpha value is -1.56. The Morgan fingerprint density at radius 3 is 2.54 bits per heavy atom. The molecule has 0 radical (unpaired) electrons. The Morgan fingerprint density at radius 2 is 1.92 bits per heavy atom. The summed E-state index contributed by atoms with van der Waals surface area (Å²) < 4.78 is 51.8. The number of hydrogen-bond acceptors (Lipinski definition) is 6. The molecule has 1 aliphatic rings. The van der Waals surface area contributed by atoms with Crippen LogP contribution in [-0.4, -0.2) is 51.5 Å². The van der Waals surface area contributed by atoms with Gasteiger partial charge in [-0.2, -0.15) is 4.31 Å². The highest BCUT2D eigenvalue weighted by Gasteiger charge is 2.37. The van der Waals surface area contributed by atoms with Crippen LogP contribution in [0, 0.1) is 10.1 Å². The molecule has 24 heavy (non-hydrogen) atoms. The van der Waals surface area contributed by atoms with Gasteiger partial charge in [0.25, 0.3) is 5.69 Å². The SMILES string of the molecule is CS(=O)(=O)NC[C@H]1CCCCN1S(=O)(=O)c1ccccc1[N+](=O)[O-]. The molecular formula is C13H19N3O6S2. The van der Waals surface area contributed by atoms with Crippen molar-refractivity contribution < 1.29 is 21.8 Å². The summed E-state index contributed by atoms with van der Waals surface area (Å²) in [6, 6.07) is 4.59. The van der Waals surface area contributed by atoms with E-state index in [1.807, 2.05) is 0 Å². The van der Waals surface area contributed by atoms with Gasteiger partial charge in [0, 0.05) is 25.2 Å². The van der Waals surface area contributed by atoms with Gasteiger partial charge >= 0.3 is 0 Å². The minimum Gasteiger partial charge on any atom is -0.258 e. The lowest BCUT2D eigenvalue weighted by Crippen LogP contribution is -2.49. The standard InChI is InChI=1S/C13H19N3O6S2/c1-23(19,20)14-10-11-6-4-5-9-15(11)24(21,22)13-8-3-2-7-12(13)16(17)18/h2-3,7-8,11,14H,4-6,9-10H2,1H3/t11-/m1/s1. The number of nitro groups is 1. The summed E-state index contributed by atoms with van der Waals surface area (Å²) in [6.07, 6.45) is 2.87. The average molecular weight is 377 g/mol. The van der Waals surface area contributed by atoms with Crippen LogP contribution in [0.3, 0.4) is 0 Å². The maximum atomic E-state index is 12.9. The van der Waals surface area contributed by atoms with Crippen LogP contribution in [0.5, 0.6) is 0 Å². The van der Waals surface area contributed by atoms with E-state index in [-0.39, 0.29) is 18.0 Å². The van der Waals surface area contributed by atoms with Gasteiger partial charge in [-0.25, -0.2) is 21.6 Å². The summed E-state index contributed by atoms with van der Waals surface area (Å²) in [6.45, 7) is 0.142. The molecule has 11 heteroatoms. The number of piperidine rings is 1. The second-order valence-electron chi connectivity index (χ2n) is 5.61. The molecule has 2 rings (SSSR count). The van der Waals surface area contributed by atoms with E-state index in [1.54, 1.807) is 0 Å². The van der Waals surface area contributed by atoms with E-state index in [1.165, 1.54) is 18.2 Å². The Labute approximate surface area is 140 Å². The molecule has 0 unspecified atom stereocenters. The van der Waals surface area contributed by atoms with E-state index in [4.69, 9.17) is 0 Å². The molecule has 1 aromatic carbocycles. The fourth-order valence-electron chi connectivity index (χ4n) is 2.69. The topological polar surface area (TPSA) is 127 Å². The minimum atomic E-state index is -4.10. The molecule has 0 saturated carbocycles. The number of hydrogen-bond donors (Lipinski definition) is 1. The van der Waals surface area contributed by atoms with Crippen molar-refractivity contribution in [1.29, 1.82) is 0 Å². The molecule has 0 amide bonds. The van der Waals surface area contributed by atoms with Crippen LogP contribution < -0.4 is 4.72 Å². The van der Waals surface area contributed by atoms with E-state index in [0.29, 0.717) is 12.8 Å². The van der Waals surface area contributed by atoms with Gasteiger partial charge in [-0.05, 0) is 18.9 Å². The van der Waals surface area contributed by atoms with Gasteiger partial charge in [0.1, 0.15) is 0 Å². The molecule has 134 valence electrons. The lowest BCUT2D eigenvalue weighted by molar-refractivity contribution is -0.387. The summed E-state index contributed by atoms with van der Waals surface area (Å²) in [5.41, 5.74) is -0.488. The van der Waals surface area contributed by atoms with Gasteiger partial charge in [-0.1, -0.05) is 18.6 Å². The van der Waals surface area contributed by atoms with Gasteiger partial charge in [-0.3, -0.25) is 10.1 Å². The normalized spacial score (nSPS) is 20.0. The number of nitrogens with one attached hydrogen (secondary N) is 1. The Morgan fingerprint density at radius 1 is 1.25 bits per heavy atom. The van der Waals surface area contributed by atoms with Crippen LogP contribution in [0.4, 0.5) is 5.69 Å². The summed E-state index contributed by atoms with van der Waals surface area (Å²) in [5.74, 6) is 0. The average Bonchev–Trinajstić information content (AvgIpc) is 2.52. The van der Waals surface area contributed by atoms with E-state index < -0.39 is 36.7 Å². The van der Waals surface area contributed by atoms with E-state index in [9.17, 15) is 26.9 Å². The molecule has 1 heterocycles. The molecule has 1 saturated heterocycles. The van der Waals surface area contributed by atoms with E-state index >= 15 is 0 Å². The zero-order valence-corrected chi connectivity index (χ0v) is 14.7. The first-order chi connectivity index (χ1) is 11.1. The van der Waals surface area contributed by atoms with Crippen LogP contribution in [-0.2, 0) is 20.0 Å². The highest BCUT2D eigenvalue weighted by atomic mass is 32.2. The van der Waals surface area contributed by atoms with E-state index in [0.717, 1.165) is 23.0 Å². The number of benzene rings is 1. The van der Waals surface area contributed by atoms with Crippen molar-refractivity contribution in [3.05, 3.63) is 34.4 Å². The van der Waals surface area contributed by atoms with Crippen LogP contribution >= 0.6 is 0 Å². The minimum absolute atomic E-state index is 0.0569. The van der Waals surface area contributed by atoms with Gasteiger partial charge in [0.15, 0.2) is 4.90 Å². The second kappa shape index (κ2) is 7.13. The molecule has 1 aliphatic heterocycles. The number of nitrogens with zero attached hydrogens (tertiary/aromatic N) is 2. The summed E-state index contributed by atoms with van der Waals surface area (Å²) in [7, 11) is -7.56. The van der Waals surface area contributed by atoms with Gasteiger partial charge in [-0.15, -0.1) is 0 Å². The van der Waals surface area contributed by atoms with Crippen molar-refractivity contribution in [3.8, 4) is 0 Å². The smallest absolute Gasteiger partial charge is 0.258 e. The van der Waals surface area contributed by atoms with Crippen molar-refractivity contribution >= 4 is 25.7 Å². The Balaban J connectivity index is 2.37. The summed E-state index contributed by atoms with van der Waals surface area (Å²) in [5, 5.41) is 11.1. The fourth-order valence-corrected chi connectivity index (χ4v) is 5.04. The molecule has 0 bridgehead atoms. The second-order valence-corrected chi connectivity index (χ2v) is 9.30. The predicted molar refractivity (Wildman–Crippen MR) is 87.5 cm³/mol. The lowest BCUT2D eigenvalue weighted by atomic mass is 10.1. The summed E-state index contributed by atoms with van der Waals surface area (Å²) >= 11 is 0. The third kappa shape index (κ3) is 4.29. The Bertz CT molecular complexity index is 822. The molecule has 0 spiro atoms. The molecule has 9 nitrogen and oxygen atoms in total. The monoisotopic (exact) mass is 377 g/mol. The molecule has 1 N–H and O–H groups in total. The van der Waals surface area contributed by atoms with Gasteiger partial charge in [0.05, 0.1) is 11.2 Å². The maximum Gasteiger partial charge on any atom is 0.289 e. The quantitative estimate of drug-likeness (QED) is 0.574. The maximum absolute atomic E-state index is 12.9. The molecule has 0 aromatic heterocycles. The fraction of sp³-hybridized carbons (Fsp3) is 0.538. The third-order valence-corrected chi connectivity index (χ3v) is 6.49. The van der Waals surface area contributed by atoms with Crippen molar-refractivity contribution in [2.75, 3.05) is 19.3 Å². The number of para-hydroxylation sites is 1. The van der Waals surface area contributed by atoms with Crippen molar-refractivity contribution in [2.24, 2.45) is 0 Å². The number of rotatable bonds is 6. The highest BCUT2D eigenvalue weighted by molar-refractivity contribution is 7.89. The number of nitro benzene ring substituents is 1. The highest BCUT2D eigenvalue weighted by Crippen LogP contribution is 2.30. The van der Waals surface area contributed by atoms with Gasteiger partial charge in [0.2, 0.25) is 20.0 Å². The largest absolute Gasteiger partial charge is 0.289 e. The first-order valence-corrected chi connectivity index (χ1v) is 10.7. The number of sulfonamides is 2. The zero-order valence-electron chi connectivity index (χ0n) is 13.1. The molecular weight excluding hydrogens is 358 g/mol. The van der Waals surface area contributed by atoms with Crippen LogP contribution in [0.1, 0.15) is 19.3 Å². The molecule has 1 aromatic rings. The molecule has 1 fully saturated rings. The first kappa shape index (κ1) is 18.8. The van der Waals surface area contributed by atoms with Gasteiger partial charge < -0.3 is 0 Å². The third-order valence-electron chi connectivity index (χ3n) is 3.80. The predicted octanol–water partition coefficient (Wildman–Crippen LogP) is 0.687. The van der Waals surface area contributed by atoms with Crippen LogP contribution in [0.2, 0.25) is 0 Å². The molecule has 0 aliphatic carbocycles. The van der Waals surface area contributed by atoms with Crippen molar-refractivity contribution in [3.63, 3.8) is 0 Å². The molecule has 1 atom stereocenters. The van der Waals surface area contributed by atoms with Crippen LogP contribution in [0.15, 0.2) is 29.2 Å². The first-order valence-electron chi connectivity index (χ1n) is 7.33. The van der Waals surface area contributed by atoms with Crippen molar-refractivity contribution in [1.82, 2.24) is 9.03 Å². The summed E-state index contributed by atoms with van der Waals surface area (Å²) in [4.78, 5) is 10.0. The van der Waals surface area contributed by atoms with E-state index in [2.05, 4.69) is 4.72 Å². The Kier molecular flexibility index (Phi) is 5.58. The lowest BCUT2D eigenvalue weighted by Gasteiger charge is -2.34. The zero-order chi connectivity index (χ0) is 18.0. The van der Waals surface area contributed by atoms with Crippen molar-refractivity contribution in [2.45, 2.75) is 30.2 Å².